The van der Waals surface area contributed by atoms with Gasteiger partial charge in [0.05, 0.1) is 24.0 Å². The summed E-state index contributed by atoms with van der Waals surface area (Å²) in [7, 11) is -3.00. The van der Waals surface area contributed by atoms with E-state index in [9.17, 15) is 13.2 Å². The number of fused-ring (bicyclic) bond motifs is 3. The van der Waals surface area contributed by atoms with E-state index in [4.69, 9.17) is 11.6 Å². The maximum Gasteiger partial charge on any atom is 0.252 e. The van der Waals surface area contributed by atoms with Crippen LogP contribution in [0, 0.1) is 11.8 Å². The Balaban J connectivity index is 1.40. The standard InChI is InChI=1S/C20H23ClN2O3S2/c21-15-5-2-12(3-6-15)9-19(24)22-20-23(16-8-13-1-4-14(16)7-13)17-10-28(25,26)11-18(17)27-20/h2-3,5-6,13-14,16-18H,1,4,7-11H2/t13-,14-,16-,17+,18-/m1/s1. The average Bonchev–Trinajstić information content (AvgIpc) is 3.36. The topological polar surface area (TPSA) is 66.8 Å². The Morgan fingerprint density at radius 3 is 2.61 bits per heavy atom. The molecular formula is C20H23ClN2O3S2. The van der Waals surface area contributed by atoms with Crippen LogP contribution in [0.15, 0.2) is 29.3 Å². The van der Waals surface area contributed by atoms with Crippen molar-refractivity contribution in [1.82, 2.24) is 4.90 Å². The van der Waals surface area contributed by atoms with Crippen LogP contribution in [-0.2, 0) is 21.1 Å². The second kappa shape index (κ2) is 7.03. The molecule has 2 saturated carbocycles. The minimum absolute atomic E-state index is 0.00575. The first-order valence-corrected chi connectivity index (χ1v) is 13.0. The van der Waals surface area contributed by atoms with Gasteiger partial charge >= 0.3 is 0 Å². The van der Waals surface area contributed by atoms with E-state index in [-0.39, 0.29) is 35.1 Å². The van der Waals surface area contributed by atoms with Crippen molar-refractivity contribution in [2.45, 2.75) is 49.4 Å². The molecule has 2 heterocycles. The molecule has 0 unspecified atom stereocenters. The monoisotopic (exact) mass is 438 g/mol. The molecule has 150 valence electrons. The molecule has 1 amide bonds. The smallest absolute Gasteiger partial charge is 0.252 e. The number of nitrogens with zero attached hydrogens (tertiary/aromatic N) is 2. The predicted octanol–water partition coefficient (Wildman–Crippen LogP) is 3.17. The van der Waals surface area contributed by atoms with Crippen LogP contribution < -0.4 is 0 Å². The SMILES string of the molecule is O=C(Cc1ccc(Cl)cc1)N=C1S[C@@H]2CS(=O)(=O)C[C@@H]2N1[C@@H]1C[C@@H]2CC[C@@H]1C2. The maximum absolute atomic E-state index is 12.6. The van der Waals surface area contributed by atoms with Crippen LogP contribution in [0.1, 0.15) is 31.2 Å². The number of benzene rings is 1. The van der Waals surface area contributed by atoms with Crippen LogP contribution in [0.3, 0.4) is 0 Å². The first kappa shape index (κ1) is 18.9. The fraction of sp³-hybridized carbons (Fsp3) is 0.600. The van der Waals surface area contributed by atoms with Gasteiger partial charge in [0.15, 0.2) is 15.0 Å². The van der Waals surface area contributed by atoms with E-state index in [0.29, 0.717) is 17.0 Å². The predicted molar refractivity (Wildman–Crippen MR) is 112 cm³/mol. The van der Waals surface area contributed by atoms with Gasteiger partial charge in [-0.15, -0.1) is 0 Å². The molecule has 8 heteroatoms. The third-order valence-electron chi connectivity index (χ3n) is 6.65. The highest BCUT2D eigenvalue weighted by atomic mass is 35.5. The number of hydrogen-bond donors (Lipinski definition) is 0. The van der Waals surface area contributed by atoms with E-state index in [1.807, 2.05) is 12.1 Å². The van der Waals surface area contributed by atoms with Crippen molar-refractivity contribution in [3.8, 4) is 0 Å². The molecule has 4 aliphatic rings. The van der Waals surface area contributed by atoms with Crippen LogP contribution in [0.2, 0.25) is 5.02 Å². The van der Waals surface area contributed by atoms with E-state index < -0.39 is 9.84 Å². The molecule has 5 nitrogen and oxygen atoms in total. The zero-order valence-corrected chi connectivity index (χ0v) is 17.8. The Hall–Kier alpha value is -1.05. The lowest BCUT2D eigenvalue weighted by Gasteiger charge is -2.36. The molecule has 4 fully saturated rings. The number of sulfone groups is 1. The third kappa shape index (κ3) is 3.50. The van der Waals surface area contributed by atoms with Crippen molar-refractivity contribution in [1.29, 1.82) is 0 Å². The Morgan fingerprint density at radius 1 is 1.14 bits per heavy atom. The van der Waals surface area contributed by atoms with Crippen molar-refractivity contribution in [3.05, 3.63) is 34.9 Å². The molecule has 2 aliphatic carbocycles. The molecular weight excluding hydrogens is 416 g/mol. The quantitative estimate of drug-likeness (QED) is 0.725. The van der Waals surface area contributed by atoms with Gasteiger partial charge in [0.25, 0.3) is 5.91 Å². The summed E-state index contributed by atoms with van der Waals surface area (Å²) in [5, 5.41) is 1.40. The van der Waals surface area contributed by atoms with E-state index in [0.717, 1.165) is 23.1 Å². The number of aliphatic imine (C=N–C) groups is 1. The third-order valence-corrected chi connectivity index (χ3v) is 10.1. The van der Waals surface area contributed by atoms with Gasteiger partial charge in [-0.25, -0.2) is 8.42 Å². The second-order valence-electron chi connectivity index (χ2n) is 8.54. The normalized spacial score (nSPS) is 37.0. The Kier molecular flexibility index (Phi) is 4.75. The number of carbonyl (C=O) groups excluding carboxylic acids is 1. The number of carbonyl (C=O) groups is 1. The van der Waals surface area contributed by atoms with E-state index in [2.05, 4.69) is 9.89 Å². The van der Waals surface area contributed by atoms with Crippen molar-refractivity contribution in [2.75, 3.05) is 11.5 Å². The lowest BCUT2D eigenvalue weighted by molar-refractivity contribution is -0.117. The van der Waals surface area contributed by atoms with E-state index in [1.165, 1.54) is 31.0 Å². The summed E-state index contributed by atoms with van der Waals surface area (Å²) in [6, 6.07) is 7.56. The van der Waals surface area contributed by atoms with Gasteiger partial charge in [0, 0.05) is 16.3 Å². The summed E-state index contributed by atoms with van der Waals surface area (Å²) in [6.07, 6.45) is 5.09. The van der Waals surface area contributed by atoms with Gasteiger partial charge in [0.2, 0.25) is 0 Å². The van der Waals surface area contributed by atoms with Gasteiger partial charge in [0.1, 0.15) is 0 Å². The van der Waals surface area contributed by atoms with Crippen LogP contribution in [0.4, 0.5) is 0 Å². The number of rotatable bonds is 3. The highest BCUT2D eigenvalue weighted by Crippen LogP contribution is 2.51. The molecule has 0 aromatic heterocycles. The molecule has 2 saturated heterocycles. The summed E-state index contributed by atoms with van der Waals surface area (Å²) in [5.41, 5.74) is 0.885. The second-order valence-corrected chi connectivity index (χ2v) is 12.3. The molecule has 5 atom stereocenters. The molecule has 0 N–H and O–H groups in total. The summed E-state index contributed by atoms with van der Waals surface area (Å²) in [6.45, 7) is 0. The van der Waals surface area contributed by atoms with Gasteiger partial charge in [-0.2, -0.15) is 4.99 Å². The first-order valence-electron chi connectivity index (χ1n) is 9.89. The van der Waals surface area contributed by atoms with E-state index in [1.54, 1.807) is 12.1 Å². The Bertz CT molecular complexity index is 931. The zero-order chi connectivity index (χ0) is 19.5. The summed E-state index contributed by atoms with van der Waals surface area (Å²) in [4.78, 5) is 19.4. The fourth-order valence-corrected chi connectivity index (χ4v) is 9.57. The van der Waals surface area contributed by atoms with E-state index >= 15 is 0 Å². The van der Waals surface area contributed by atoms with Crippen LogP contribution >= 0.6 is 23.4 Å². The Labute approximate surface area is 174 Å². The fourth-order valence-electron chi connectivity index (χ4n) is 5.45. The molecule has 28 heavy (non-hydrogen) atoms. The summed E-state index contributed by atoms with van der Waals surface area (Å²) < 4.78 is 24.4. The molecule has 1 aromatic rings. The minimum atomic E-state index is -3.00. The van der Waals surface area contributed by atoms with Crippen molar-refractivity contribution < 1.29 is 13.2 Å². The lowest BCUT2D eigenvalue weighted by atomic mass is 9.93. The number of thioether (sulfide) groups is 1. The van der Waals surface area contributed by atoms with Crippen molar-refractivity contribution in [3.63, 3.8) is 0 Å². The minimum Gasteiger partial charge on any atom is -0.343 e. The lowest BCUT2D eigenvalue weighted by Crippen LogP contribution is -2.47. The van der Waals surface area contributed by atoms with Gasteiger partial charge in [-0.05, 0) is 48.8 Å². The van der Waals surface area contributed by atoms with Gasteiger partial charge in [-0.1, -0.05) is 41.9 Å². The number of hydrogen-bond acceptors (Lipinski definition) is 4. The van der Waals surface area contributed by atoms with Crippen molar-refractivity contribution >= 4 is 44.3 Å². The molecule has 2 aliphatic heterocycles. The van der Waals surface area contributed by atoms with Crippen molar-refractivity contribution in [2.24, 2.45) is 16.8 Å². The highest BCUT2D eigenvalue weighted by molar-refractivity contribution is 8.15. The van der Waals surface area contributed by atoms with Gasteiger partial charge in [-0.3, -0.25) is 4.79 Å². The van der Waals surface area contributed by atoms with Crippen LogP contribution in [-0.4, -0.2) is 53.2 Å². The molecule has 0 spiro atoms. The van der Waals surface area contributed by atoms with Crippen LogP contribution in [0.5, 0.6) is 0 Å². The van der Waals surface area contributed by atoms with Gasteiger partial charge < -0.3 is 4.90 Å². The highest BCUT2D eigenvalue weighted by Gasteiger charge is 2.54. The average molecular weight is 439 g/mol. The maximum atomic E-state index is 12.6. The Morgan fingerprint density at radius 2 is 1.93 bits per heavy atom. The largest absolute Gasteiger partial charge is 0.343 e. The molecule has 2 bridgehead atoms. The molecule has 0 radical (unpaired) electrons. The molecule has 1 aromatic carbocycles. The molecule has 5 rings (SSSR count). The zero-order valence-electron chi connectivity index (χ0n) is 15.5. The number of halogens is 1. The van der Waals surface area contributed by atoms with Crippen LogP contribution in [0.25, 0.3) is 0 Å². The summed E-state index contributed by atoms with van der Waals surface area (Å²) in [5.74, 6) is 1.58. The number of amidine groups is 1. The number of amides is 1. The summed E-state index contributed by atoms with van der Waals surface area (Å²) >= 11 is 7.42. The first-order chi connectivity index (χ1) is 13.4.